The molecule has 0 unspecified atom stereocenters. The maximum absolute atomic E-state index is 13.8. The summed E-state index contributed by atoms with van der Waals surface area (Å²) in [6.07, 6.45) is -2.29. The Morgan fingerprint density at radius 2 is 1.78 bits per heavy atom. The van der Waals surface area contributed by atoms with Gasteiger partial charge in [0.1, 0.15) is 5.82 Å². The molecule has 10 heteroatoms. The molecule has 0 bridgehead atoms. The molecule has 2 aliphatic rings. The van der Waals surface area contributed by atoms with Gasteiger partial charge in [0.2, 0.25) is 0 Å². The van der Waals surface area contributed by atoms with E-state index in [1.54, 1.807) is 5.32 Å². The third kappa shape index (κ3) is 3.24. The fourth-order valence-electron chi connectivity index (χ4n) is 3.45. The van der Waals surface area contributed by atoms with Crippen molar-refractivity contribution in [2.75, 3.05) is 0 Å². The molecular formula is C17H17F4N3O3. The van der Waals surface area contributed by atoms with E-state index in [2.05, 4.69) is 0 Å². The molecule has 0 radical (unpaired) electrons. The number of carbonyl (C=O) groups is 3. The third-order valence-electron chi connectivity index (χ3n) is 4.84. The first-order valence-electron chi connectivity index (χ1n) is 8.47. The van der Waals surface area contributed by atoms with E-state index in [1.807, 2.05) is 0 Å². The monoisotopic (exact) mass is 387 g/mol. The van der Waals surface area contributed by atoms with Crippen molar-refractivity contribution in [2.24, 2.45) is 0 Å². The molecule has 27 heavy (non-hydrogen) atoms. The summed E-state index contributed by atoms with van der Waals surface area (Å²) in [5.41, 5.74) is -4.29. The second kappa shape index (κ2) is 6.82. The Kier molecular flexibility index (Phi) is 4.83. The molecular weight excluding hydrogens is 370 g/mol. The van der Waals surface area contributed by atoms with E-state index in [4.69, 9.17) is 0 Å². The Balaban J connectivity index is 1.94. The molecule has 0 aromatic heterocycles. The molecule has 6 nitrogen and oxygen atoms in total. The Morgan fingerprint density at radius 3 is 2.37 bits per heavy atom. The number of rotatable bonds is 3. The second-order valence-electron chi connectivity index (χ2n) is 6.58. The topological polar surface area (TPSA) is 78.5 Å². The second-order valence-corrected chi connectivity index (χ2v) is 6.58. The van der Waals surface area contributed by atoms with Gasteiger partial charge in [0.25, 0.3) is 17.5 Å². The first-order chi connectivity index (χ1) is 12.7. The Morgan fingerprint density at radius 1 is 1.15 bits per heavy atom. The fraction of sp³-hybridized carbons (Fsp3) is 0.471. The maximum atomic E-state index is 13.8. The van der Waals surface area contributed by atoms with Gasteiger partial charge in [-0.2, -0.15) is 13.2 Å². The van der Waals surface area contributed by atoms with Gasteiger partial charge in [-0.3, -0.25) is 19.8 Å². The zero-order valence-electron chi connectivity index (χ0n) is 14.1. The van der Waals surface area contributed by atoms with Crippen LogP contribution in [0.1, 0.15) is 42.5 Å². The van der Waals surface area contributed by atoms with Crippen LogP contribution >= 0.6 is 0 Å². The number of halogens is 4. The summed E-state index contributed by atoms with van der Waals surface area (Å²) in [5, 5.41) is 3.09. The van der Waals surface area contributed by atoms with Gasteiger partial charge in [-0.25, -0.2) is 9.18 Å². The highest BCUT2D eigenvalue weighted by Crippen LogP contribution is 2.37. The molecule has 0 spiro atoms. The third-order valence-corrected chi connectivity index (χ3v) is 4.84. The average molecular weight is 387 g/mol. The van der Waals surface area contributed by atoms with E-state index in [-0.39, 0.29) is 0 Å². The molecule has 1 saturated heterocycles. The minimum atomic E-state index is -5.32. The molecule has 1 saturated carbocycles. The highest BCUT2D eigenvalue weighted by Gasteiger charge is 2.69. The highest BCUT2D eigenvalue weighted by atomic mass is 19.4. The lowest BCUT2D eigenvalue weighted by atomic mass is 9.94. The van der Waals surface area contributed by atoms with Crippen molar-refractivity contribution in [1.82, 2.24) is 15.5 Å². The molecule has 2 N–H and O–H groups in total. The molecule has 2 fully saturated rings. The largest absolute Gasteiger partial charge is 0.440 e. The normalized spacial score (nSPS) is 24.1. The molecule has 1 aliphatic heterocycles. The number of carbonyl (C=O) groups excluding carboxylic acids is 3. The summed E-state index contributed by atoms with van der Waals surface area (Å²) in [4.78, 5) is 37.6. The number of hydrogen-bond donors (Lipinski definition) is 2. The summed E-state index contributed by atoms with van der Waals surface area (Å²) in [6.45, 7) is 0. The SMILES string of the molecule is O=C(N[C@@]1(C(F)(F)F)NC(=O)N(C2CCCCC2)C1=O)c1ccccc1F. The van der Waals surface area contributed by atoms with E-state index < -0.39 is 47.1 Å². The molecule has 3 rings (SSSR count). The smallest absolute Gasteiger partial charge is 0.314 e. The number of imide groups is 1. The molecule has 1 aliphatic carbocycles. The summed E-state index contributed by atoms with van der Waals surface area (Å²) in [6, 6.07) is 2.52. The van der Waals surface area contributed by atoms with Crippen LogP contribution in [0.3, 0.4) is 0 Å². The minimum Gasteiger partial charge on any atom is -0.314 e. The Labute approximate surface area is 151 Å². The lowest BCUT2D eigenvalue weighted by molar-refractivity contribution is -0.200. The molecule has 1 aromatic carbocycles. The molecule has 1 heterocycles. The van der Waals surface area contributed by atoms with Crippen molar-refractivity contribution in [3.8, 4) is 0 Å². The van der Waals surface area contributed by atoms with Crippen molar-refractivity contribution in [1.29, 1.82) is 0 Å². The summed E-state index contributed by atoms with van der Waals surface area (Å²) in [5.74, 6) is -4.10. The fourth-order valence-corrected chi connectivity index (χ4v) is 3.45. The van der Waals surface area contributed by atoms with E-state index in [0.29, 0.717) is 30.6 Å². The van der Waals surface area contributed by atoms with E-state index in [9.17, 15) is 31.9 Å². The van der Waals surface area contributed by atoms with Crippen LogP contribution in [0.4, 0.5) is 22.4 Å². The van der Waals surface area contributed by atoms with Crippen LogP contribution in [0.5, 0.6) is 0 Å². The van der Waals surface area contributed by atoms with Gasteiger partial charge >= 0.3 is 12.2 Å². The van der Waals surface area contributed by atoms with E-state index in [1.165, 1.54) is 17.4 Å². The summed E-state index contributed by atoms with van der Waals surface area (Å²) < 4.78 is 55.1. The number of nitrogens with one attached hydrogen (secondary N) is 2. The van der Waals surface area contributed by atoms with Crippen LogP contribution in [-0.4, -0.2) is 40.6 Å². The quantitative estimate of drug-likeness (QED) is 0.618. The predicted octanol–water partition coefficient (Wildman–Crippen LogP) is 2.70. The van der Waals surface area contributed by atoms with E-state index >= 15 is 0 Å². The maximum Gasteiger partial charge on any atom is 0.440 e. The van der Waals surface area contributed by atoms with Crippen molar-refractivity contribution in [3.63, 3.8) is 0 Å². The van der Waals surface area contributed by atoms with Crippen molar-refractivity contribution < 1.29 is 31.9 Å². The van der Waals surface area contributed by atoms with Crippen LogP contribution in [-0.2, 0) is 4.79 Å². The molecule has 4 amide bonds. The zero-order chi connectivity index (χ0) is 19.8. The lowest BCUT2D eigenvalue weighted by Crippen LogP contribution is -2.69. The van der Waals surface area contributed by atoms with Crippen LogP contribution < -0.4 is 10.6 Å². The van der Waals surface area contributed by atoms with Crippen LogP contribution in [0.2, 0.25) is 0 Å². The Hall–Kier alpha value is -2.65. The van der Waals surface area contributed by atoms with Crippen LogP contribution in [0, 0.1) is 5.82 Å². The zero-order valence-corrected chi connectivity index (χ0v) is 14.1. The van der Waals surface area contributed by atoms with Gasteiger partial charge in [0.15, 0.2) is 0 Å². The summed E-state index contributed by atoms with van der Waals surface area (Å²) >= 11 is 0. The van der Waals surface area contributed by atoms with Crippen molar-refractivity contribution in [2.45, 2.75) is 50.0 Å². The highest BCUT2D eigenvalue weighted by molar-refractivity contribution is 6.10. The average Bonchev–Trinajstić information content (AvgIpc) is 2.87. The number of benzene rings is 1. The summed E-state index contributed by atoms with van der Waals surface area (Å²) in [7, 11) is 0. The van der Waals surface area contributed by atoms with E-state index in [0.717, 1.165) is 18.6 Å². The number of amides is 4. The van der Waals surface area contributed by atoms with Gasteiger partial charge in [-0.05, 0) is 25.0 Å². The number of urea groups is 1. The Bertz CT molecular complexity index is 777. The molecule has 146 valence electrons. The number of nitrogens with zero attached hydrogens (tertiary/aromatic N) is 1. The first-order valence-corrected chi connectivity index (χ1v) is 8.47. The number of alkyl halides is 3. The van der Waals surface area contributed by atoms with Crippen LogP contribution in [0.25, 0.3) is 0 Å². The minimum absolute atomic E-state index is 0.397. The predicted molar refractivity (Wildman–Crippen MR) is 84.9 cm³/mol. The van der Waals surface area contributed by atoms with Crippen molar-refractivity contribution in [3.05, 3.63) is 35.6 Å². The lowest BCUT2D eigenvalue weighted by Gasteiger charge is -2.32. The molecule has 1 atom stereocenters. The van der Waals surface area contributed by atoms with Gasteiger partial charge in [-0.1, -0.05) is 31.4 Å². The number of hydrogen-bond acceptors (Lipinski definition) is 3. The molecule has 1 aromatic rings. The standard InChI is InChI=1S/C17H17F4N3O3/c18-12-9-5-4-8-11(12)13(25)22-16(17(19,20)21)14(26)24(15(27)23-16)10-6-2-1-3-7-10/h4-5,8-10H,1-3,6-7H2,(H,22,25)(H,23,27)/t16-/m1/s1. The van der Waals surface area contributed by atoms with Gasteiger partial charge in [0, 0.05) is 6.04 Å². The van der Waals surface area contributed by atoms with Gasteiger partial charge < -0.3 is 5.32 Å². The van der Waals surface area contributed by atoms with Crippen LogP contribution in [0.15, 0.2) is 24.3 Å². The van der Waals surface area contributed by atoms with Gasteiger partial charge in [-0.15, -0.1) is 0 Å². The van der Waals surface area contributed by atoms with Crippen molar-refractivity contribution >= 4 is 17.8 Å². The first kappa shape index (κ1) is 19.1. The van der Waals surface area contributed by atoms with Gasteiger partial charge in [0.05, 0.1) is 5.56 Å².